The Morgan fingerprint density at radius 2 is 1.53 bits per heavy atom. The highest BCUT2D eigenvalue weighted by Crippen LogP contribution is 2.36. The number of ketones is 2. The molecule has 0 saturated carbocycles. The monoisotopic (exact) mass is 435 g/mol. The van der Waals surface area contributed by atoms with Crippen molar-refractivity contribution >= 4 is 22.9 Å². The van der Waals surface area contributed by atoms with Gasteiger partial charge in [0.05, 0.1) is 29.9 Å². The van der Waals surface area contributed by atoms with Crippen LogP contribution >= 0.6 is 0 Å². The summed E-state index contributed by atoms with van der Waals surface area (Å²) >= 11 is 0. The summed E-state index contributed by atoms with van der Waals surface area (Å²) in [5, 5.41) is 17.1. The van der Waals surface area contributed by atoms with E-state index in [0.717, 1.165) is 13.1 Å². The Hall–Kier alpha value is -2.74. The smallest absolute Gasteiger partial charge is 0.196 e. The Morgan fingerprint density at radius 3 is 2.12 bits per heavy atom. The molecule has 32 heavy (non-hydrogen) atoms. The molecule has 2 unspecified atom stereocenters. The number of benzene rings is 2. The van der Waals surface area contributed by atoms with Gasteiger partial charge in [-0.1, -0.05) is 30.7 Å². The van der Waals surface area contributed by atoms with Gasteiger partial charge in [-0.05, 0) is 38.1 Å². The van der Waals surface area contributed by atoms with Crippen molar-refractivity contribution in [2.24, 2.45) is 0 Å². The van der Waals surface area contributed by atoms with Crippen LogP contribution in [0.4, 0.5) is 11.4 Å². The molecule has 2 aromatic rings. The number of aliphatic hydroxyl groups excluding tert-OH is 1. The number of carbonyl (C=O) groups excluding carboxylic acids is 2. The number of aliphatic hydroxyl groups is 1. The van der Waals surface area contributed by atoms with Gasteiger partial charge in [-0.15, -0.1) is 0 Å². The fourth-order valence-electron chi connectivity index (χ4n) is 4.66. The van der Waals surface area contributed by atoms with Crippen LogP contribution in [0.15, 0.2) is 36.4 Å². The number of nitrogens with one attached hydrogen (secondary N) is 2. The largest absolute Gasteiger partial charge is 0.390 e. The molecule has 0 radical (unpaired) electrons. The predicted octanol–water partition coefficient (Wildman–Crippen LogP) is 2.53. The molecule has 0 bridgehead atoms. The van der Waals surface area contributed by atoms with Gasteiger partial charge < -0.3 is 25.4 Å². The second-order valence-electron chi connectivity index (χ2n) is 8.85. The number of hydrogen-bond donors (Lipinski definition) is 3. The molecule has 1 aliphatic carbocycles. The molecule has 168 valence electrons. The Labute approximate surface area is 187 Å². The number of likely N-dealkylation sites (tertiary alicyclic amines) is 1. The quantitative estimate of drug-likeness (QED) is 0.468. The van der Waals surface area contributed by atoms with Gasteiger partial charge in [-0.2, -0.15) is 0 Å². The molecule has 2 atom stereocenters. The molecular weight excluding hydrogens is 406 g/mol. The van der Waals surface area contributed by atoms with Gasteiger partial charge in [0, 0.05) is 42.1 Å². The van der Waals surface area contributed by atoms with Crippen LogP contribution in [0.5, 0.6) is 0 Å². The Bertz CT molecular complexity index is 1030. The molecule has 7 heteroatoms. The van der Waals surface area contributed by atoms with E-state index in [9.17, 15) is 14.7 Å². The summed E-state index contributed by atoms with van der Waals surface area (Å²) in [6.07, 6.45) is 3.18. The lowest BCUT2D eigenvalue weighted by atomic mass is 9.82. The highest BCUT2D eigenvalue weighted by atomic mass is 16.6. The molecule has 2 aromatic carbocycles. The van der Waals surface area contributed by atoms with Crippen LogP contribution in [0.1, 0.15) is 51.1 Å². The van der Waals surface area contributed by atoms with E-state index in [4.69, 9.17) is 4.74 Å². The zero-order valence-electron chi connectivity index (χ0n) is 18.1. The van der Waals surface area contributed by atoms with Gasteiger partial charge >= 0.3 is 0 Å². The average molecular weight is 436 g/mol. The minimum Gasteiger partial charge on any atom is -0.390 e. The second-order valence-corrected chi connectivity index (χ2v) is 8.85. The molecule has 2 saturated heterocycles. The van der Waals surface area contributed by atoms with E-state index < -0.39 is 6.10 Å². The Morgan fingerprint density at radius 1 is 0.938 bits per heavy atom. The van der Waals surface area contributed by atoms with Crippen LogP contribution < -0.4 is 10.6 Å². The molecule has 0 amide bonds. The Kier molecular flexibility index (Phi) is 5.95. The average Bonchev–Trinajstić information content (AvgIpc) is 3.65. The van der Waals surface area contributed by atoms with Crippen molar-refractivity contribution in [3.63, 3.8) is 0 Å². The van der Waals surface area contributed by atoms with Crippen molar-refractivity contribution in [1.29, 1.82) is 0 Å². The van der Waals surface area contributed by atoms with E-state index in [2.05, 4.69) is 15.5 Å². The third kappa shape index (κ3) is 4.28. The van der Waals surface area contributed by atoms with Crippen molar-refractivity contribution in [2.75, 3.05) is 50.0 Å². The zero-order chi connectivity index (χ0) is 22.1. The van der Waals surface area contributed by atoms with Crippen LogP contribution in [0.2, 0.25) is 0 Å². The molecule has 2 aliphatic heterocycles. The number of hydrogen-bond acceptors (Lipinski definition) is 7. The third-order valence-corrected chi connectivity index (χ3v) is 6.44. The van der Waals surface area contributed by atoms with E-state index in [1.807, 2.05) is 12.1 Å². The standard InChI is InChI=1S/C25H29N3O4/c29-16(14-28-10-4-1-5-11-28)12-26-20-8-9-21(27-13-17-15-32-17)23-22(20)24(30)18-6-2-3-7-19(18)25(23)31/h2-3,6-9,16-17,26-27,29H,1,4-5,10-15H2. The third-order valence-electron chi connectivity index (χ3n) is 6.44. The summed E-state index contributed by atoms with van der Waals surface area (Å²) in [5.74, 6) is -0.332. The van der Waals surface area contributed by atoms with Gasteiger partial charge in [-0.25, -0.2) is 0 Å². The van der Waals surface area contributed by atoms with Gasteiger partial charge in [0.25, 0.3) is 0 Å². The maximum atomic E-state index is 13.4. The summed E-state index contributed by atoms with van der Waals surface area (Å²) in [7, 11) is 0. The van der Waals surface area contributed by atoms with E-state index in [1.54, 1.807) is 24.3 Å². The number of ether oxygens (including phenoxy) is 1. The lowest BCUT2D eigenvalue weighted by molar-refractivity contribution is 0.0979. The molecule has 0 spiro atoms. The van der Waals surface area contributed by atoms with Crippen LogP contribution in [0, 0.1) is 0 Å². The predicted molar refractivity (Wildman–Crippen MR) is 123 cm³/mol. The maximum Gasteiger partial charge on any atom is 0.196 e. The van der Waals surface area contributed by atoms with Crippen molar-refractivity contribution in [2.45, 2.75) is 31.5 Å². The molecule has 2 heterocycles. The van der Waals surface area contributed by atoms with Crippen LogP contribution in [-0.2, 0) is 4.74 Å². The minimum atomic E-state index is -0.560. The number of anilines is 2. The SMILES string of the molecule is O=C1c2ccccc2C(=O)c2c(NCC3CO3)ccc(NCC(O)CN3CCCCC3)c21. The summed E-state index contributed by atoms with van der Waals surface area (Å²) < 4.78 is 5.27. The minimum absolute atomic E-state index is 0.148. The van der Waals surface area contributed by atoms with Gasteiger partial charge in [-0.3, -0.25) is 9.59 Å². The van der Waals surface area contributed by atoms with Crippen LogP contribution in [0.25, 0.3) is 0 Å². The number of carbonyl (C=O) groups is 2. The first kappa shape index (κ1) is 21.1. The first-order valence-corrected chi connectivity index (χ1v) is 11.5. The highest BCUT2D eigenvalue weighted by Gasteiger charge is 2.34. The summed E-state index contributed by atoms with van der Waals surface area (Å²) in [4.78, 5) is 29.1. The van der Waals surface area contributed by atoms with E-state index in [0.29, 0.717) is 59.9 Å². The van der Waals surface area contributed by atoms with Crippen molar-refractivity contribution < 1.29 is 19.4 Å². The van der Waals surface area contributed by atoms with Gasteiger partial charge in [0.15, 0.2) is 11.6 Å². The van der Waals surface area contributed by atoms with Gasteiger partial charge in [0.1, 0.15) is 0 Å². The summed E-state index contributed by atoms with van der Waals surface area (Å²) in [6.45, 7) is 4.25. The molecule has 3 N–H and O–H groups in total. The molecular formula is C25H29N3O4. The molecule has 0 aromatic heterocycles. The number of rotatable bonds is 8. The van der Waals surface area contributed by atoms with E-state index >= 15 is 0 Å². The first-order chi connectivity index (χ1) is 15.6. The molecule has 7 nitrogen and oxygen atoms in total. The van der Waals surface area contributed by atoms with Crippen LogP contribution in [-0.4, -0.2) is 73.1 Å². The normalized spacial score (nSPS) is 21.0. The number of nitrogens with zero attached hydrogens (tertiary/aromatic N) is 1. The first-order valence-electron chi connectivity index (χ1n) is 11.5. The van der Waals surface area contributed by atoms with Crippen molar-refractivity contribution in [1.82, 2.24) is 4.90 Å². The lowest BCUT2D eigenvalue weighted by Crippen LogP contribution is -2.39. The molecule has 3 aliphatic rings. The van der Waals surface area contributed by atoms with Crippen molar-refractivity contribution in [3.8, 4) is 0 Å². The van der Waals surface area contributed by atoms with E-state index in [1.165, 1.54) is 19.3 Å². The number of piperidine rings is 1. The van der Waals surface area contributed by atoms with E-state index in [-0.39, 0.29) is 17.7 Å². The fourth-order valence-corrected chi connectivity index (χ4v) is 4.66. The fraction of sp³-hybridized carbons (Fsp3) is 0.440. The zero-order valence-corrected chi connectivity index (χ0v) is 18.1. The van der Waals surface area contributed by atoms with Gasteiger partial charge in [0.2, 0.25) is 0 Å². The molecule has 5 rings (SSSR count). The van der Waals surface area contributed by atoms with Crippen molar-refractivity contribution in [3.05, 3.63) is 58.7 Å². The summed E-state index contributed by atoms with van der Waals surface area (Å²) in [6, 6.07) is 10.6. The number of β-amino-alcohol motifs (C(OH)–C–C–N with tert-alkyl or cyclic N) is 1. The second kappa shape index (κ2) is 9.02. The molecule has 2 fully saturated rings. The summed E-state index contributed by atoms with van der Waals surface area (Å²) in [5.41, 5.74) is 2.84. The highest BCUT2D eigenvalue weighted by molar-refractivity contribution is 6.31. The number of fused-ring (bicyclic) bond motifs is 2. The maximum absolute atomic E-state index is 13.4. The topological polar surface area (TPSA) is 94.2 Å². The number of epoxide rings is 1. The van der Waals surface area contributed by atoms with Crippen LogP contribution in [0.3, 0.4) is 0 Å². The lowest BCUT2D eigenvalue weighted by Gasteiger charge is -2.29. The Balaban J connectivity index is 1.40.